The van der Waals surface area contributed by atoms with Crippen LogP contribution in [0.15, 0.2) is 5.11 Å². The van der Waals surface area contributed by atoms with E-state index in [-0.39, 0.29) is 233 Å². The van der Waals surface area contributed by atoms with Gasteiger partial charge in [0.1, 0.15) is 25.4 Å². The summed E-state index contributed by atoms with van der Waals surface area (Å²) in [5.74, 6) is -0.286. The molecule has 3 rings (SSSR count). The van der Waals surface area contributed by atoms with Crippen molar-refractivity contribution in [3.63, 3.8) is 0 Å². The lowest BCUT2D eigenvalue weighted by Gasteiger charge is -2.43. The molecule has 3 heterocycles. The van der Waals surface area contributed by atoms with Crippen LogP contribution in [0.3, 0.4) is 0 Å². The quantitative estimate of drug-likeness (QED) is 0.0132. The molecule has 0 aromatic heterocycles. The van der Waals surface area contributed by atoms with Crippen molar-refractivity contribution >= 4 is 41.5 Å². The summed E-state index contributed by atoms with van der Waals surface area (Å²) < 4.78 is 99.0. The van der Waals surface area contributed by atoms with Gasteiger partial charge < -0.3 is 102 Å². The average Bonchev–Trinajstić information content (AvgIpc) is 0.771. The van der Waals surface area contributed by atoms with Crippen molar-refractivity contribution in [3.05, 3.63) is 10.4 Å². The second-order valence-electron chi connectivity index (χ2n) is 27.1. The molecule has 0 aromatic rings. The first kappa shape index (κ1) is 91.3. The Balaban J connectivity index is 1.47. The fourth-order valence-electron chi connectivity index (χ4n) is 11.7. The second kappa shape index (κ2) is 54.6. The normalized spacial score (nSPS) is 25.5. The number of nitrogens with one attached hydrogen (secondary N) is 4. The van der Waals surface area contributed by atoms with Crippen LogP contribution in [0.2, 0.25) is 0 Å². The first-order chi connectivity index (χ1) is 49.0. The zero-order chi connectivity index (χ0) is 74.9. The molecule has 15 atom stereocenters. The molecular formula is C71H127N7O24. The fourth-order valence-corrected chi connectivity index (χ4v) is 11.7. The third-order valence-electron chi connectivity index (χ3n) is 19.2. The topological polar surface area (TPSA) is 373 Å². The number of ether oxygens (including phenoxy) is 17. The number of azide groups is 1. The lowest BCUT2D eigenvalue weighted by molar-refractivity contribution is -0.258. The van der Waals surface area contributed by atoms with Gasteiger partial charge in [-0.15, -0.1) is 0 Å². The van der Waals surface area contributed by atoms with Gasteiger partial charge in [-0.05, 0) is 73.1 Å². The number of hydrogen-bond acceptors (Lipinski definition) is 25. The Morgan fingerprint density at radius 3 is 1.07 bits per heavy atom. The van der Waals surface area contributed by atoms with Gasteiger partial charge in [-0.25, -0.2) is 0 Å². The molecule has 3 aliphatic rings. The smallest absolute Gasteiger partial charge is 0.302 e. The zero-order valence-corrected chi connectivity index (χ0v) is 63.3. The van der Waals surface area contributed by atoms with Crippen LogP contribution in [-0.4, -0.2) is 256 Å². The third kappa shape index (κ3) is 39.4. The van der Waals surface area contributed by atoms with E-state index in [4.69, 9.17) is 86.1 Å². The minimum Gasteiger partial charge on any atom is -0.463 e. The van der Waals surface area contributed by atoms with Crippen LogP contribution >= 0.6 is 0 Å². The minimum atomic E-state index is -1.33. The van der Waals surface area contributed by atoms with Crippen molar-refractivity contribution in [2.24, 2.45) is 58.4 Å². The summed E-state index contributed by atoms with van der Waals surface area (Å²) >= 11 is 0. The molecule has 31 nitrogen and oxygen atoms in total. The summed E-state index contributed by atoms with van der Waals surface area (Å²) in [6.07, 6.45) is 2.23. The van der Waals surface area contributed by atoms with Crippen molar-refractivity contribution in [1.29, 1.82) is 0 Å². The highest BCUT2D eigenvalue weighted by molar-refractivity contribution is 5.77. The van der Waals surface area contributed by atoms with E-state index in [9.17, 15) is 33.6 Å². The van der Waals surface area contributed by atoms with Crippen molar-refractivity contribution < 1.29 is 114 Å². The first-order valence-corrected chi connectivity index (χ1v) is 36.9. The number of carbonyl (C=O) groups excluding carboxylic acids is 7. The monoisotopic (exact) mass is 1460 g/mol. The molecule has 15 unspecified atom stereocenters. The van der Waals surface area contributed by atoms with E-state index in [1.54, 1.807) is 0 Å². The van der Waals surface area contributed by atoms with Gasteiger partial charge in [0.2, 0.25) is 23.6 Å². The van der Waals surface area contributed by atoms with Crippen molar-refractivity contribution in [1.82, 2.24) is 21.3 Å². The molecule has 31 heteroatoms. The molecule has 590 valence electrons. The van der Waals surface area contributed by atoms with Gasteiger partial charge in [0.05, 0.1) is 131 Å². The Hall–Kier alpha value is -4.96. The highest BCUT2D eigenvalue weighted by atomic mass is 16.7. The second-order valence-corrected chi connectivity index (χ2v) is 27.1. The predicted octanol–water partition coefficient (Wildman–Crippen LogP) is 6.17. The number of hydrogen-bond donors (Lipinski definition) is 4. The van der Waals surface area contributed by atoms with Crippen LogP contribution in [-0.2, 0) is 114 Å². The average molecular weight is 1460 g/mol. The van der Waals surface area contributed by atoms with Crippen LogP contribution in [0.25, 0.3) is 10.4 Å². The molecule has 3 aliphatic heterocycles. The Morgan fingerprint density at radius 2 is 0.696 bits per heavy atom. The molecule has 0 radical (unpaired) electrons. The summed E-state index contributed by atoms with van der Waals surface area (Å²) in [5.41, 5.74) is 7.38. The van der Waals surface area contributed by atoms with E-state index < -0.39 is 18.1 Å². The molecule has 0 spiro atoms. The van der Waals surface area contributed by atoms with E-state index in [0.29, 0.717) is 103 Å². The third-order valence-corrected chi connectivity index (χ3v) is 19.2. The van der Waals surface area contributed by atoms with E-state index in [1.807, 2.05) is 0 Å². The lowest BCUT2D eigenvalue weighted by Crippen LogP contribution is -2.58. The van der Waals surface area contributed by atoms with Gasteiger partial charge in [0.15, 0.2) is 18.9 Å². The molecule has 0 aromatic carbocycles. The van der Waals surface area contributed by atoms with Gasteiger partial charge in [-0.2, -0.15) is 0 Å². The summed E-state index contributed by atoms with van der Waals surface area (Å²) in [4.78, 5) is 89.6. The molecule has 0 saturated carbocycles. The first-order valence-electron chi connectivity index (χ1n) is 36.9. The standard InChI is InChI=1S/C71H127N7O24/c1-49-52(4)61(43-97-58(10)79)100-68(55(49)7)94-28-18-14-17-27-86-32-24-73-64(82)20-29-91-46-71(77-67(85)19-15-13-16-23-76-78-72,47-92-30-21-65(83)74-25-33-87-35-37-89-39-41-95-69-56(8)50(2)53(5)62(101-69)44-98-59(11)80)48-93-31-22-66(84)75-26-34-88-36-38-90-40-42-96-70-57(9)51(3)54(6)63(102-70)45-99-60(12)81/h49-57,61-63,68-70H,13-48H2,1-12H3,(H,73,82)(H,74,83)(H,75,84)(H,77,85). The van der Waals surface area contributed by atoms with Crippen LogP contribution in [0.5, 0.6) is 0 Å². The number of rotatable bonds is 58. The Kier molecular flexibility index (Phi) is 48.9. The molecule has 3 fully saturated rings. The largest absolute Gasteiger partial charge is 0.463 e. The molecule has 3 saturated heterocycles. The summed E-state index contributed by atoms with van der Waals surface area (Å²) in [7, 11) is 0. The van der Waals surface area contributed by atoms with Crippen LogP contribution in [0.4, 0.5) is 0 Å². The SMILES string of the molecule is CC(=O)OCC1OC(OCCCCCOCCNC(=O)CCOCC(COCCC(=O)NCCOCCOCCOC2OC(COC(C)=O)C(C)C(C)C2C)(COCCC(=O)NCCOCCOCCOC2OC(COC(C)=O)C(C)C(C)C2C)NC(=O)CCCCCN=[N+]=[N-])C(C)C(C)C1C. The van der Waals surface area contributed by atoms with E-state index >= 15 is 0 Å². The molecule has 4 amide bonds. The number of nitrogens with zero attached hydrogens (tertiary/aromatic N) is 3. The Bertz CT molecular complexity index is 2170. The number of carbonyl (C=O) groups is 7. The molecule has 0 bridgehead atoms. The molecule has 102 heavy (non-hydrogen) atoms. The van der Waals surface area contributed by atoms with E-state index in [0.717, 1.165) is 19.3 Å². The van der Waals surface area contributed by atoms with Crippen molar-refractivity contribution in [2.75, 3.05) is 172 Å². The Morgan fingerprint density at radius 1 is 0.363 bits per heavy atom. The van der Waals surface area contributed by atoms with Crippen molar-refractivity contribution in [3.8, 4) is 0 Å². The maximum absolute atomic E-state index is 13.7. The van der Waals surface area contributed by atoms with E-state index in [1.165, 1.54) is 20.8 Å². The highest BCUT2D eigenvalue weighted by Crippen LogP contribution is 2.38. The Labute approximate surface area is 605 Å². The molecule has 0 aliphatic carbocycles. The van der Waals surface area contributed by atoms with E-state index in [2.05, 4.69) is 93.6 Å². The molecule has 4 N–H and O–H groups in total. The van der Waals surface area contributed by atoms with Gasteiger partial charge in [-0.3, -0.25) is 33.6 Å². The number of esters is 3. The lowest BCUT2D eigenvalue weighted by atomic mass is 9.79. The van der Waals surface area contributed by atoms with Gasteiger partial charge >= 0.3 is 17.9 Å². The fraction of sp³-hybridized carbons (Fsp3) is 0.901. The summed E-state index contributed by atoms with van der Waals surface area (Å²) in [6, 6.07) is 0. The number of unbranched alkanes of at least 4 members (excludes halogenated alkanes) is 4. The number of amides is 4. The van der Waals surface area contributed by atoms with Crippen molar-refractivity contribution in [2.45, 2.75) is 190 Å². The molecular weight excluding hydrogens is 1330 g/mol. The van der Waals surface area contributed by atoms with Crippen LogP contribution in [0.1, 0.15) is 147 Å². The summed E-state index contributed by atoms with van der Waals surface area (Å²) in [5, 5.41) is 15.1. The predicted molar refractivity (Wildman–Crippen MR) is 373 cm³/mol. The zero-order valence-electron chi connectivity index (χ0n) is 63.3. The maximum atomic E-state index is 13.7. The van der Waals surface area contributed by atoms with Gasteiger partial charge in [0.25, 0.3) is 0 Å². The summed E-state index contributed by atoms with van der Waals surface area (Å²) in [6.45, 7) is 28.4. The highest BCUT2D eigenvalue weighted by Gasteiger charge is 2.43. The minimum absolute atomic E-state index is 0.00561. The maximum Gasteiger partial charge on any atom is 0.302 e. The van der Waals surface area contributed by atoms with Gasteiger partial charge in [-0.1, -0.05) is 73.8 Å². The van der Waals surface area contributed by atoms with Gasteiger partial charge in [0, 0.05) is 109 Å². The van der Waals surface area contributed by atoms with Crippen LogP contribution in [0, 0.1) is 53.3 Å². The van der Waals surface area contributed by atoms with Crippen LogP contribution < -0.4 is 21.3 Å².